The molecule has 23 heavy (non-hydrogen) atoms. The van der Waals surface area contributed by atoms with E-state index >= 15 is 0 Å². The molecular formula is C16H13N4O3+. The largest absolute Gasteiger partial charge is 0.476 e. The summed E-state index contributed by atoms with van der Waals surface area (Å²) < 4.78 is 5.21. The lowest BCUT2D eigenvalue weighted by atomic mass is 10.1. The molecule has 0 spiro atoms. The van der Waals surface area contributed by atoms with Crippen LogP contribution in [0.15, 0.2) is 70.9 Å². The van der Waals surface area contributed by atoms with Crippen molar-refractivity contribution >= 4 is 17.4 Å². The third-order valence-electron chi connectivity index (χ3n) is 3.13. The molecule has 1 aromatic carbocycles. The number of oxazole rings is 1. The zero-order valence-corrected chi connectivity index (χ0v) is 12.0. The van der Waals surface area contributed by atoms with Crippen LogP contribution in [-0.4, -0.2) is 26.8 Å². The van der Waals surface area contributed by atoms with Crippen LogP contribution in [0.3, 0.4) is 0 Å². The normalized spacial score (nSPS) is 11.4. The summed E-state index contributed by atoms with van der Waals surface area (Å²) in [5.74, 6) is -0.422. The second kappa shape index (κ2) is 6.63. The Labute approximate surface area is 131 Å². The number of aromatic nitrogens is 2. The number of carbonyl (C=O) groups is 1. The molecule has 0 radical (unpaired) electrons. The number of carboxylic acids is 1. The number of pyridine rings is 1. The highest BCUT2D eigenvalue weighted by molar-refractivity contribution is 6.42. The lowest BCUT2D eigenvalue weighted by Gasteiger charge is -2.00. The van der Waals surface area contributed by atoms with Crippen LogP contribution in [0, 0.1) is 0 Å². The summed E-state index contributed by atoms with van der Waals surface area (Å²) in [4.78, 5) is 19.1. The van der Waals surface area contributed by atoms with Gasteiger partial charge >= 0.3 is 5.97 Å². The Kier molecular flexibility index (Phi) is 4.21. The van der Waals surface area contributed by atoms with Crippen molar-refractivity contribution < 1.29 is 19.7 Å². The second-order valence-electron chi connectivity index (χ2n) is 4.64. The van der Waals surface area contributed by atoms with E-state index < -0.39 is 5.97 Å². The van der Waals surface area contributed by atoms with E-state index in [2.05, 4.69) is 15.1 Å². The number of benzene rings is 1. The van der Waals surface area contributed by atoms with E-state index in [1.807, 2.05) is 24.3 Å². The molecule has 3 aromatic rings. The van der Waals surface area contributed by atoms with E-state index in [0.29, 0.717) is 11.3 Å². The average molecular weight is 309 g/mol. The Hall–Kier alpha value is -3.32. The quantitative estimate of drug-likeness (QED) is 0.321. The number of nitrogens with two attached hydrogens (primary N) is 1. The molecule has 0 aliphatic carbocycles. The smallest absolute Gasteiger partial charge is 0.360 e. The summed E-state index contributed by atoms with van der Waals surface area (Å²) in [5.41, 5.74) is 3.64. The van der Waals surface area contributed by atoms with E-state index in [1.165, 1.54) is 24.2 Å². The van der Waals surface area contributed by atoms with Crippen molar-refractivity contribution in [2.75, 3.05) is 0 Å². The maximum absolute atomic E-state index is 11.3. The van der Waals surface area contributed by atoms with E-state index in [4.69, 9.17) is 4.42 Å². The highest BCUT2D eigenvalue weighted by Gasteiger charge is 2.14. The highest BCUT2D eigenvalue weighted by atomic mass is 16.4. The van der Waals surface area contributed by atoms with Crippen LogP contribution in [0.4, 0.5) is 5.69 Å². The third-order valence-corrected chi connectivity index (χ3v) is 3.13. The predicted octanol–water partition coefficient (Wildman–Crippen LogP) is 1.42. The van der Waals surface area contributed by atoms with Gasteiger partial charge in [0.25, 0.3) is 0 Å². The number of nitrogens with zero attached hydrogens (tertiary/aromatic N) is 3. The van der Waals surface area contributed by atoms with E-state index in [-0.39, 0.29) is 5.71 Å². The van der Waals surface area contributed by atoms with E-state index in [9.17, 15) is 9.90 Å². The summed E-state index contributed by atoms with van der Waals surface area (Å²) in [7, 11) is 0. The molecular weight excluding hydrogens is 296 g/mol. The third kappa shape index (κ3) is 3.47. The molecule has 7 nitrogen and oxygen atoms in total. The van der Waals surface area contributed by atoms with Gasteiger partial charge in [0.1, 0.15) is 0 Å². The topological polar surface area (TPSA) is 105 Å². The Bertz CT molecular complexity index is 812. The molecule has 0 saturated carbocycles. The van der Waals surface area contributed by atoms with Crippen molar-refractivity contribution in [1.82, 2.24) is 9.97 Å². The number of hydrogen-bond donors (Lipinski definition) is 2. The number of rotatable bonds is 5. The van der Waals surface area contributed by atoms with Crippen LogP contribution < -0.4 is 5.43 Å². The predicted molar refractivity (Wildman–Crippen MR) is 81.9 cm³/mol. The van der Waals surface area contributed by atoms with Crippen molar-refractivity contribution in [2.24, 2.45) is 5.10 Å². The van der Waals surface area contributed by atoms with Gasteiger partial charge in [0.15, 0.2) is 17.8 Å². The first kappa shape index (κ1) is 14.6. The first-order valence-electron chi connectivity index (χ1n) is 6.77. The molecule has 3 N–H and O–H groups in total. The summed E-state index contributed by atoms with van der Waals surface area (Å²) in [6, 6.07) is 10.6. The highest BCUT2D eigenvalue weighted by Crippen LogP contribution is 2.19. The molecule has 3 rings (SSSR count). The van der Waals surface area contributed by atoms with Crippen molar-refractivity contribution in [1.29, 1.82) is 0 Å². The van der Waals surface area contributed by atoms with Crippen LogP contribution >= 0.6 is 0 Å². The van der Waals surface area contributed by atoms with Gasteiger partial charge in [0, 0.05) is 35.7 Å². The number of quaternary nitrogens is 1. The van der Waals surface area contributed by atoms with Gasteiger partial charge in [-0.1, -0.05) is 5.10 Å². The van der Waals surface area contributed by atoms with Crippen molar-refractivity contribution in [3.05, 3.63) is 66.9 Å². The van der Waals surface area contributed by atoms with Gasteiger partial charge < -0.3 is 9.52 Å². The fraction of sp³-hybridized carbons (Fsp3) is 0. The number of aliphatic carboxylic acids is 1. The van der Waals surface area contributed by atoms with E-state index in [1.54, 1.807) is 18.3 Å². The molecule has 0 aliphatic rings. The van der Waals surface area contributed by atoms with Crippen LogP contribution in [0.1, 0.15) is 5.56 Å². The first-order chi connectivity index (χ1) is 11.2. The zero-order valence-electron chi connectivity index (χ0n) is 12.0. The van der Waals surface area contributed by atoms with Crippen molar-refractivity contribution in [3.63, 3.8) is 0 Å². The molecule has 0 aliphatic heterocycles. The lowest BCUT2D eigenvalue weighted by molar-refractivity contribution is -0.577. The SMILES string of the molecule is O=C(O)/C(=N\[NH2+]c1ccc(-c2cnco2)cc1)c1ccncc1. The summed E-state index contributed by atoms with van der Waals surface area (Å²) in [6.45, 7) is 0. The van der Waals surface area contributed by atoms with E-state index in [0.717, 1.165) is 11.3 Å². The van der Waals surface area contributed by atoms with Crippen LogP contribution in [-0.2, 0) is 4.79 Å². The Morgan fingerprint density at radius 3 is 2.43 bits per heavy atom. The van der Waals surface area contributed by atoms with Gasteiger partial charge in [-0.3, -0.25) is 4.98 Å². The fourth-order valence-corrected chi connectivity index (χ4v) is 1.99. The summed E-state index contributed by atoms with van der Waals surface area (Å²) in [5, 5.41) is 13.4. The second-order valence-corrected chi connectivity index (χ2v) is 4.64. The maximum atomic E-state index is 11.3. The minimum absolute atomic E-state index is 0.0355. The van der Waals surface area contributed by atoms with Gasteiger partial charge in [0.2, 0.25) is 5.71 Å². The molecule has 2 heterocycles. The Morgan fingerprint density at radius 2 is 1.83 bits per heavy atom. The molecule has 2 aromatic heterocycles. The van der Waals surface area contributed by atoms with Crippen molar-refractivity contribution in [3.8, 4) is 11.3 Å². The monoisotopic (exact) mass is 309 g/mol. The van der Waals surface area contributed by atoms with Crippen LogP contribution in [0.2, 0.25) is 0 Å². The standard InChI is InChI=1S/C16H12N4O3/c21-16(22)15(12-5-7-17-8-6-12)20-19-13-3-1-11(2-4-13)14-9-18-10-23-14/h1-10,19H,(H,21,22)/p+1/b20-15-. The Balaban J connectivity index is 1.79. The number of carboxylic acid groups (broad SMARTS) is 1. The van der Waals surface area contributed by atoms with Gasteiger partial charge in [-0.2, -0.15) is 5.43 Å². The molecule has 7 heteroatoms. The summed E-state index contributed by atoms with van der Waals surface area (Å²) in [6.07, 6.45) is 6.05. The minimum Gasteiger partial charge on any atom is -0.476 e. The molecule has 0 fully saturated rings. The van der Waals surface area contributed by atoms with Gasteiger partial charge in [-0.15, -0.1) is 0 Å². The minimum atomic E-state index is -1.09. The molecule has 0 amide bonds. The molecule has 114 valence electrons. The van der Waals surface area contributed by atoms with Gasteiger partial charge in [-0.25, -0.2) is 9.78 Å². The Morgan fingerprint density at radius 1 is 1.09 bits per heavy atom. The first-order valence-corrected chi connectivity index (χ1v) is 6.77. The fourth-order valence-electron chi connectivity index (χ4n) is 1.99. The molecule has 0 unspecified atom stereocenters. The molecule has 0 saturated heterocycles. The molecule has 0 bridgehead atoms. The van der Waals surface area contributed by atoms with Gasteiger partial charge in [-0.05, 0) is 24.3 Å². The van der Waals surface area contributed by atoms with Crippen LogP contribution in [0.25, 0.3) is 11.3 Å². The van der Waals surface area contributed by atoms with Gasteiger partial charge in [0.05, 0.1) is 6.20 Å². The summed E-state index contributed by atoms with van der Waals surface area (Å²) >= 11 is 0. The maximum Gasteiger partial charge on any atom is 0.360 e. The van der Waals surface area contributed by atoms with Crippen molar-refractivity contribution in [2.45, 2.75) is 0 Å². The zero-order chi connectivity index (χ0) is 16.1. The average Bonchev–Trinajstić information content (AvgIpc) is 3.11. The lowest BCUT2D eigenvalue weighted by Crippen LogP contribution is -2.72. The molecule has 0 atom stereocenters. The van der Waals surface area contributed by atoms with Crippen LogP contribution in [0.5, 0.6) is 0 Å². The number of hydrogen-bond acceptors (Lipinski definition) is 5.